The fraction of sp³-hybridized carbons (Fsp3) is 0.720. The maximum atomic E-state index is 5.82. The standard InChI is InChI=1S/C25H42N4O3.HI/c1-3-26-25(27-13-7-16-31-19-21-12-17-32-20-21)28-18-24(29-14-5-4-6-15-29)22-8-10-23(30-2)11-9-22;/h8-11,21,24H,3-7,12-20H2,1-2H3,(H2,26,27,28);1H. The summed E-state index contributed by atoms with van der Waals surface area (Å²) in [7, 11) is 1.71. The van der Waals surface area contributed by atoms with Gasteiger partial charge in [0.05, 0.1) is 32.9 Å². The van der Waals surface area contributed by atoms with Crippen LogP contribution in [-0.4, -0.2) is 77.1 Å². The van der Waals surface area contributed by atoms with Crippen molar-refractivity contribution in [2.45, 2.75) is 45.1 Å². The van der Waals surface area contributed by atoms with Gasteiger partial charge in [-0.05, 0) is 63.4 Å². The van der Waals surface area contributed by atoms with Gasteiger partial charge < -0.3 is 24.8 Å². The predicted molar refractivity (Wildman–Crippen MR) is 145 cm³/mol. The number of guanidine groups is 1. The highest BCUT2D eigenvalue weighted by molar-refractivity contribution is 14.0. The number of hydrogen-bond acceptors (Lipinski definition) is 5. The van der Waals surface area contributed by atoms with Gasteiger partial charge in [-0.25, -0.2) is 0 Å². The minimum atomic E-state index is 0. The molecule has 2 heterocycles. The highest BCUT2D eigenvalue weighted by Crippen LogP contribution is 2.26. The highest BCUT2D eigenvalue weighted by Gasteiger charge is 2.22. The molecule has 2 aliphatic heterocycles. The van der Waals surface area contributed by atoms with Crippen molar-refractivity contribution < 1.29 is 14.2 Å². The molecule has 0 aromatic heterocycles. The number of halogens is 1. The smallest absolute Gasteiger partial charge is 0.191 e. The van der Waals surface area contributed by atoms with Gasteiger partial charge in [-0.2, -0.15) is 0 Å². The van der Waals surface area contributed by atoms with Gasteiger partial charge in [-0.3, -0.25) is 9.89 Å². The average molecular weight is 575 g/mol. The fourth-order valence-corrected chi connectivity index (χ4v) is 4.35. The second-order valence-electron chi connectivity index (χ2n) is 8.69. The van der Waals surface area contributed by atoms with E-state index in [2.05, 4.69) is 46.7 Å². The van der Waals surface area contributed by atoms with Crippen molar-refractivity contribution in [2.75, 3.05) is 66.3 Å². The van der Waals surface area contributed by atoms with Crippen LogP contribution >= 0.6 is 24.0 Å². The molecule has 3 rings (SSSR count). The minimum Gasteiger partial charge on any atom is -0.497 e. The van der Waals surface area contributed by atoms with E-state index >= 15 is 0 Å². The maximum Gasteiger partial charge on any atom is 0.191 e. The first-order valence-electron chi connectivity index (χ1n) is 12.4. The zero-order valence-corrected chi connectivity index (χ0v) is 22.7. The van der Waals surface area contributed by atoms with E-state index in [-0.39, 0.29) is 30.0 Å². The molecule has 1 aromatic carbocycles. The number of aliphatic imine (C=N–C) groups is 1. The summed E-state index contributed by atoms with van der Waals surface area (Å²) >= 11 is 0. The summed E-state index contributed by atoms with van der Waals surface area (Å²) in [5.74, 6) is 2.35. The molecule has 2 fully saturated rings. The highest BCUT2D eigenvalue weighted by atomic mass is 127. The van der Waals surface area contributed by atoms with Crippen molar-refractivity contribution in [1.29, 1.82) is 0 Å². The largest absolute Gasteiger partial charge is 0.497 e. The molecular formula is C25H43IN4O3. The fourth-order valence-electron chi connectivity index (χ4n) is 4.35. The zero-order chi connectivity index (χ0) is 22.4. The van der Waals surface area contributed by atoms with Crippen molar-refractivity contribution in [3.63, 3.8) is 0 Å². The SMILES string of the molecule is CCNC(=NCC(c1ccc(OC)cc1)N1CCCCC1)NCCCOCC1CCOC1.I. The number of methoxy groups -OCH3 is 1. The molecule has 0 bridgehead atoms. The molecule has 0 spiro atoms. The second-order valence-corrected chi connectivity index (χ2v) is 8.69. The Balaban J connectivity index is 0.00000385. The predicted octanol–water partition coefficient (Wildman–Crippen LogP) is 3.84. The van der Waals surface area contributed by atoms with Gasteiger partial charge in [-0.15, -0.1) is 24.0 Å². The zero-order valence-electron chi connectivity index (χ0n) is 20.4. The van der Waals surface area contributed by atoms with Crippen LogP contribution in [0, 0.1) is 5.92 Å². The minimum absolute atomic E-state index is 0. The Morgan fingerprint density at radius 3 is 2.64 bits per heavy atom. The molecule has 1 aromatic rings. The summed E-state index contributed by atoms with van der Waals surface area (Å²) in [6.07, 6.45) is 5.95. The van der Waals surface area contributed by atoms with Gasteiger partial charge in [0.1, 0.15) is 5.75 Å². The molecule has 2 atom stereocenters. The third-order valence-electron chi connectivity index (χ3n) is 6.23. The van der Waals surface area contributed by atoms with E-state index in [0.717, 1.165) is 83.7 Å². The van der Waals surface area contributed by atoms with Crippen molar-refractivity contribution in [1.82, 2.24) is 15.5 Å². The summed E-state index contributed by atoms with van der Waals surface area (Å²) in [6.45, 7) is 10.1. The van der Waals surface area contributed by atoms with Crippen LogP contribution in [0.1, 0.15) is 50.6 Å². The van der Waals surface area contributed by atoms with Crippen LogP contribution in [0.15, 0.2) is 29.3 Å². The molecule has 188 valence electrons. The van der Waals surface area contributed by atoms with E-state index in [1.807, 2.05) is 0 Å². The topological polar surface area (TPSA) is 67.4 Å². The summed E-state index contributed by atoms with van der Waals surface area (Å²) in [4.78, 5) is 7.54. The summed E-state index contributed by atoms with van der Waals surface area (Å²) in [5.41, 5.74) is 1.30. The van der Waals surface area contributed by atoms with E-state index < -0.39 is 0 Å². The molecule has 0 aliphatic carbocycles. The lowest BCUT2D eigenvalue weighted by Gasteiger charge is -2.34. The monoisotopic (exact) mass is 574 g/mol. The normalized spacial score (nSPS) is 20.2. The van der Waals surface area contributed by atoms with Gasteiger partial charge in [0, 0.05) is 32.2 Å². The number of hydrogen-bond donors (Lipinski definition) is 2. The summed E-state index contributed by atoms with van der Waals surface area (Å²) in [6, 6.07) is 8.75. The Kier molecular flexibility index (Phi) is 14.1. The third kappa shape index (κ3) is 9.96. The van der Waals surface area contributed by atoms with Crippen LogP contribution in [0.4, 0.5) is 0 Å². The van der Waals surface area contributed by atoms with Gasteiger partial charge in [0.2, 0.25) is 0 Å². The maximum absolute atomic E-state index is 5.82. The number of benzene rings is 1. The third-order valence-corrected chi connectivity index (χ3v) is 6.23. The number of likely N-dealkylation sites (tertiary alicyclic amines) is 1. The summed E-state index contributed by atoms with van der Waals surface area (Å²) < 4.78 is 16.6. The molecule has 2 aliphatic rings. The Hall–Kier alpha value is -1.10. The average Bonchev–Trinajstić information content (AvgIpc) is 3.36. The van der Waals surface area contributed by atoms with Gasteiger partial charge in [-0.1, -0.05) is 18.6 Å². The summed E-state index contributed by atoms with van der Waals surface area (Å²) in [5, 5.41) is 6.86. The van der Waals surface area contributed by atoms with Gasteiger partial charge in [0.15, 0.2) is 5.96 Å². The molecular weight excluding hydrogens is 531 g/mol. The molecule has 8 heteroatoms. The molecule has 0 amide bonds. The molecule has 7 nitrogen and oxygen atoms in total. The number of nitrogens with one attached hydrogen (secondary N) is 2. The van der Waals surface area contributed by atoms with E-state index in [9.17, 15) is 0 Å². The van der Waals surface area contributed by atoms with Crippen LogP contribution < -0.4 is 15.4 Å². The first-order valence-corrected chi connectivity index (χ1v) is 12.4. The molecule has 0 radical (unpaired) electrons. The van der Waals surface area contributed by atoms with Gasteiger partial charge in [0.25, 0.3) is 0 Å². The first-order chi connectivity index (χ1) is 15.8. The lowest BCUT2D eigenvalue weighted by Crippen LogP contribution is -2.40. The molecule has 33 heavy (non-hydrogen) atoms. The van der Waals surface area contributed by atoms with E-state index in [4.69, 9.17) is 19.2 Å². The number of ether oxygens (including phenoxy) is 3. The lowest BCUT2D eigenvalue weighted by molar-refractivity contribution is 0.0888. The van der Waals surface area contributed by atoms with Crippen LogP contribution in [0.5, 0.6) is 5.75 Å². The molecule has 2 unspecified atom stereocenters. The van der Waals surface area contributed by atoms with E-state index in [1.54, 1.807) is 7.11 Å². The molecule has 2 N–H and O–H groups in total. The van der Waals surface area contributed by atoms with Crippen LogP contribution in [-0.2, 0) is 9.47 Å². The Morgan fingerprint density at radius 1 is 1.18 bits per heavy atom. The van der Waals surface area contributed by atoms with Crippen LogP contribution in [0.3, 0.4) is 0 Å². The van der Waals surface area contributed by atoms with E-state index in [0.29, 0.717) is 5.92 Å². The van der Waals surface area contributed by atoms with Crippen LogP contribution in [0.25, 0.3) is 0 Å². The Bertz CT molecular complexity index is 662. The molecule has 2 saturated heterocycles. The number of piperidine rings is 1. The Morgan fingerprint density at radius 2 is 1.97 bits per heavy atom. The number of nitrogens with zero attached hydrogens (tertiary/aromatic N) is 2. The van der Waals surface area contributed by atoms with Crippen molar-refractivity contribution in [3.8, 4) is 5.75 Å². The van der Waals surface area contributed by atoms with Crippen molar-refractivity contribution in [3.05, 3.63) is 29.8 Å². The Labute approximate surface area is 217 Å². The quantitative estimate of drug-likeness (QED) is 0.171. The second kappa shape index (κ2) is 16.5. The first kappa shape index (κ1) is 28.1. The van der Waals surface area contributed by atoms with Gasteiger partial charge >= 0.3 is 0 Å². The van der Waals surface area contributed by atoms with Crippen molar-refractivity contribution in [2.24, 2.45) is 10.9 Å². The van der Waals surface area contributed by atoms with Crippen LogP contribution in [0.2, 0.25) is 0 Å². The number of rotatable bonds is 12. The molecule has 0 saturated carbocycles. The lowest BCUT2D eigenvalue weighted by atomic mass is 10.0. The van der Waals surface area contributed by atoms with E-state index in [1.165, 1.54) is 24.8 Å². The van der Waals surface area contributed by atoms with Crippen molar-refractivity contribution >= 4 is 29.9 Å².